The van der Waals surface area contributed by atoms with Crippen LogP contribution in [0.15, 0.2) is 58.3 Å². The van der Waals surface area contributed by atoms with Crippen molar-refractivity contribution >= 4 is 34.9 Å². The van der Waals surface area contributed by atoms with Gasteiger partial charge in [-0.3, -0.25) is 4.79 Å². The Balaban J connectivity index is 1.62. The van der Waals surface area contributed by atoms with E-state index in [2.05, 4.69) is 4.98 Å². The van der Waals surface area contributed by atoms with E-state index in [4.69, 9.17) is 4.74 Å². The second-order valence-corrected chi connectivity index (χ2v) is 7.79. The lowest BCUT2D eigenvalue weighted by molar-refractivity contribution is 0.0474. The van der Waals surface area contributed by atoms with Crippen LogP contribution < -0.4 is 0 Å². The van der Waals surface area contributed by atoms with Crippen molar-refractivity contribution in [2.45, 2.75) is 17.0 Å². The van der Waals surface area contributed by atoms with E-state index in [1.165, 1.54) is 24.3 Å². The molecule has 0 aliphatic rings. The largest absolute Gasteiger partial charge is 0.454 e. The highest BCUT2D eigenvalue weighted by molar-refractivity contribution is 8.00. The molecule has 0 amide bonds. The Morgan fingerprint density at radius 3 is 2.59 bits per heavy atom. The van der Waals surface area contributed by atoms with E-state index in [0.717, 1.165) is 15.6 Å². The minimum Gasteiger partial charge on any atom is -0.454 e. The molecule has 0 spiro atoms. The Hall–Kier alpha value is -2.51. The Labute approximate surface area is 164 Å². The topological polar surface area (TPSA) is 56.3 Å². The fraction of sp³-hybridized carbons (Fsp3) is 0.150. The number of hydrogen-bond donors (Lipinski definition) is 0. The summed E-state index contributed by atoms with van der Waals surface area (Å²) in [5.41, 5.74) is 2.50. The maximum absolute atomic E-state index is 12.9. The molecular formula is C20H16FNO3S2. The van der Waals surface area contributed by atoms with Crippen LogP contribution in [-0.2, 0) is 10.5 Å². The molecule has 0 unspecified atom stereocenters. The van der Waals surface area contributed by atoms with Gasteiger partial charge < -0.3 is 4.74 Å². The van der Waals surface area contributed by atoms with Crippen LogP contribution in [0.5, 0.6) is 0 Å². The van der Waals surface area contributed by atoms with Crippen molar-refractivity contribution in [1.29, 1.82) is 0 Å². The SMILES string of the molecule is Cc1csc(SCc2ccccc2C(=O)OCC(=O)c2ccc(F)cc2)n1. The zero-order valence-electron chi connectivity index (χ0n) is 14.5. The quantitative estimate of drug-likeness (QED) is 0.319. The first-order valence-electron chi connectivity index (χ1n) is 8.11. The summed E-state index contributed by atoms with van der Waals surface area (Å²) >= 11 is 3.11. The van der Waals surface area contributed by atoms with Gasteiger partial charge in [0, 0.05) is 22.4 Å². The molecule has 0 bridgehead atoms. The molecule has 0 aliphatic heterocycles. The number of aromatic nitrogens is 1. The Bertz CT molecular complexity index is 954. The number of esters is 1. The van der Waals surface area contributed by atoms with E-state index in [1.807, 2.05) is 24.4 Å². The number of benzene rings is 2. The van der Waals surface area contributed by atoms with E-state index in [9.17, 15) is 14.0 Å². The second-order valence-electron chi connectivity index (χ2n) is 5.71. The number of nitrogens with zero attached hydrogens (tertiary/aromatic N) is 1. The van der Waals surface area contributed by atoms with Crippen LogP contribution in [-0.4, -0.2) is 23.3 Å². The summed E-state index contributed by atoms with van der Waals surface area (Å²) in [4.78, 5) is 28.9. The molecule has 2 aromatic carbocycles. The van der Waals surface area contributed by atoms with Crippen LogP contribution in [0.4, 0.5) is 4.39 Å². The molecule has 0 N–H and O–H groups in total. The first kappa shape index (κ1) is 19.3. The normalized spacial score (nSPS) is 10.6. The highest BCUT2D eigenvalue weighted by Crippen LogP contribution is 2.27. The molecule has 0 aliphatic carbocycles. The van der Waals surface area contributed by atoms with Crippen molar-refractivity contribution in [2.75, 3.05) is 6.61 Å². The van der Waals surface area contributed by atoms with Gasteiger partial charge in [0.1, 0.15) is 10.2 Å². The molecular weight excluding hydrogens is 385 g/mol. The molecule has 1 aromatic heterocycles. The lowest BCUT2D eigenvalue weighted by atomic mass is 10.1. The van der Waals surface area contributed by atoms with Crippen LogP contribution in [0.3, 0.4) is 0 Å². The standard InChI is InChI=1S/C20H16FNO3S2/c1-13-11-26-20(22-13)27-12-15-4-2-3-5-17(15)19(24)25-10-18(23)14-6-8-16(21)9-7-14/h2-9,11H,10,12H2,1H3. The molecule has 3 aromatic rings. The highest BCUT2D eigenvalue weighted by atomic mass is 32.2. The highest BCUT2D eigenvalue weighted by Gasteiger charge is 2.15. The number of Topliss-reactive ketones (excluding diaryl/α,β-unsaturated/α-hetero) is 1. The van der Waals surface area contributed by atoms with Crippen molar-refractivity contribution in [1.82, 2.24) is 4.98 Å². The van der Waals surface area contributed by atoms with E-state index in [1.54, 1.807) is 35.2 Å². The molecule has 4 nitrogen and oxygen atoms in total. The molecule has 3 rings (SSSR count). The average Bonchev–Trinajstić information content (AvgIpc) is 3.10. The molecule has 0 fully saturated rings. The zero-order valence-corrected chi connectivity index (χ0v) is 16.1. The molecule has 7 heteroatoms. The van der Waals surface area contributed by atoms with Gasteiger partial charge in [0.05, 0.1) is 5.56 Å². The lowest BCUT2D eigenvalue weighted by Crippen LogP contribution is -2.15. The van der Waals surface area contributed by atoms with Gasteiger partial charge in [-0.25, -0.2) is 14.2 Å². The van der Waals surface area contributed by atoms with Crippen LogP contribution >= 0.6 is 23.1 Å². The minimum absolute atomic E-state index is 0.298. The fourth-order valence-electron chi connectivity index (χ4n) is 2.31. The zero-order chi connectivity index (χ0) is 19.2. The number of ketones is 1. The Kier molecular flexibility index (Phi) is 6.36. The predicted octanol–water partition coefficient (Wildman–Crippen LogP) is 4.92. The van der Waals surface area contributed by atoms with E-state index < -0.39 is 18.4 Å². The maximum atomic E-state index is 12.9. The van der Waals surface area contributed by atoms with Gasteiger partial charge >= 0.3 is 5.97 Å². The maximum Gasteiger partial charge on any atom is 0.338 e. The lowest BCUT2D eigenvalue weighted by Gasteiger charge is -2.09. The van der Waals surface area contributed by atoms with Crippen LogP contribution in [0.25, 0.3) is 0 Å². The summed E-state index contributed by atoms with van der Waals surface area (Å²) in [6.07, 6.45) is 0. The van der Waals surface area contributed by atoms with Crippen molar-refractivity contribution in [2.24, 2.45) is 0 Å². The molecule has 0 atom stereocenters. The van der Waals surface area contributed by atoms with Gasteiger partial charge in [0.25, 0.3) is 0 Å². The number of rotatable bonds is 7. The van der Waals surface area contributed by atoms with Crippen molar-refractivity contribution in [3.8, 4) is 0 Å². The first-order chi connectivity index (χ1) is 13.0. The van der Waals surface area contributed by atoms with Gasteiger partial charge in [-0.05, 0) is 42.8 Å². The molecule has 27 heavy (non-hydrogen) atoms. The first-order valence-corrected chi connectivity index (χ1v) is 9.98. The molecule has 1 heterocycles. The fourth-order valence-corrected chi connectivity index (χ4v) is 4.16. The molecule has 0 radical (unpaired) electrons. The van der Waals surface area contributed by atoms with Gasteiger partial charge in [-0.1, -0.05) is 30.0 Å². The predicted molar refractivity (Wildman–Crippen MR) is 104 cm³/mol. The number of thioether (sulfide) groups is 1. The summed E-state index contributed by atoms with van der Waals surface area (Å²) in [5.74, 6) is -0.791. The average molecular weight is 401 g/mol. The number of carbonyl (C=O) groups excluding carboxylic acids is 2. The van der Waals surface area contributed by atoms with Crippen molar-refractivity contribution < 1.29 is 18.7 Å². The number of carbonyl (C=O) groups is 2. The Morgan fingerprint density at radius 2 is 1.89 bits per heavy atom. The number of hydrogen-bond acceptors (Lipinski definition) is 6. The minimum atomic E-state index is -0.558. The third-order valence-electron chi connectivity index (χ3n) is 3.69. The van der Waals surface area contributed by atoms with E-state index >= 15 is 0 Å². The summed E-state index contributed by atoms with van der Waals surface area (Å²) < 4.78 is 19.0. The summed E-state index contributed by atoms with van der Waals surface area (Å²) in [6, 6.07) is 12.3. The van der Waals surface area contributed by atoms with Crippen LogP contribution in [0.2, 0.25) is 0 Å². The van der Waals surface area contributed by atoms with E-state index in [-0.39, 0.29) is 5.78 Å². The summed E-state index contributed by atoms with van der Waals surface area (Å²) in [5, 5.41) is 1.98. The van der Waals surface area contributed by atoms with Gasteiger partial charge in [-0.2, -0.15) is 0 Å². The number of halogens is 1. The molecule has 0 saturated carbocycles. The molecule has 0 saturated heterocycles. The number of thiazole rings is 1. The number of aryl methyl sites for hydroxylation is 1. The summed E-state index contributed by atoms with van der Waals surface area (Å²) in [7, 11) is 0. The van der Waals surface area contributed by atoms with Crippen LogP contribution in [0.1, 0.15) is 32.0 Å². The monoisotopic (exact) mass is 401 g/mol. The van der Waals surface area contributed by atoms with E-state index in [0.29, 0.717) is 16.9 Å². The number of ether oxygens (including phenoxy) is 1. The van der Waals surface area contributed by atoms with Crippen LogP contribution in [0, 0.1) is 12.7 Å². The second kappa shape index (κ2) is 8.92. The third-order valence-corrected chi connectivity index (χ3v) is 5.87. The van der Waals surface area contributed by atoms with Crippen molar-refractivity contribution in [3.63, 3.8) is 0 Å². The summed E-state index contributed by atoms with van der Waals surface area (Å²) in [6.45, 7) is 1.54. The van der Waals surface area contributed by atoms with Gasteiger partial charge in [-0.15, -0.1) is 11.3 Å². The van der Waals surface area contributed by atoms with Gasteiger partial charge in [0.15, 0.2) is 12.4 Å². The third kappa shape index (κ3) is 5.24. The smallest absolute Gasteiger partial charge is 0.338 e. The molecule has 138 valence electrons. The van der Waals surface area contributed by atoms with Crippen molar-refractivity contribution in [3.05, 3.63) is 82.1 Å². The van der Waals surface area contributed by atoms with Gasteiger partial charge in [0.2, 0.25) is 0 Å². The Morgan fingerprint density at radius 1 is 1.15 bits per heavy atom.